The van der Waals surface area contributed by atoms with E-state index in [0.717, 1.165) is 6.42 Å². The molecule has 1 unspecified atom stereocenters. The molecule has 0 aliphatic rings. The number of Topliss-reactive ketones (excluding diaryl/α,β-unsaturated/α-hetero) is 2. The minimum atomic E-state index is -0.401. The lowest BCUT2D eigenvalue weighted by Gasteiger charge is -2.09. The fraction of sp³-hybridized carbons (Fsp3) is 0.778. The highest BCUT2D eigenvalue weighted by Gasteiger charge is 2.21. The van der Waals surface area contributed by atoms with E-state index >= 15 is 0 Å². The van der Waals surface area contributed by atoms with Gasteiger partial charge in [-0.25, -0.2) is 0 Å². The maximum absolute atomic E-state index is 11.3. The van der Waals surface area contributed by atoms with Crippen LogP contribution in [-0.2, 0) is 9.59 Å². The molecule has 0 saturated heterocycles. The summed E-state index contributed by atoms with van der Waals surface area (Å²) in [5.41, 5.74) is 0. The standard InChI is InChI=1S/C9H16O2S/c1-3-5-8(10)7(4-2)9(11)6-12/h7,12H,3-6H2,1-2H3. The van der Waals surface area contributed by atoms with Gasteiger partial charge in [-0.2, -0.15) is 12.6 Å². The van der Waals surface area contributed by atoms with Crippen molar-refractivity contribution in [3.05, 3.63) is 0 Å². The zero-order valence-corrected chi connectivity index (χ0v) is 8.56. The Kier molecular flexibility index (Phi) is 6.07. The lowest BCUT2D eigenvalue weighted by atomic mass is 9.94. The Labute approximate surface area is 79.1 Å². The van der Waals surface area contributed by atoms with Crippen LogP contribution >= 0.6 is 12.6 Å². The van der Waals surface area contributed by atoms with Crippen molar-refractivity contribution in [3.8, 4) is 0 Å². The van der Waals surface area contributed by atoms with E-state index in [1.807, 2.05) is 13.8 Å². The third-order valence-corrected chi connectivity index (χ3v) is 2.15. The Hall–Kier alpha value is -0.310. The van der Waals surface area contributed by atoms with Crippen molar-refractivity contribution in [2.24, 2.45) is 5.92 Å². The summed E-state index contributed by atoms with van der Waals surface area (Å²) in [7, 11) is 0. The Balaban J connectivity index is 4.14. The van der Waals surface area contributed by atoms with Gasteiger partial charge < -0.3 is 0 Å². The fourth-order valence-electron chi connectivity index (χ4n) is 1.17. The summed E-state index contributed by atoms with van der Waals surface area (Å²) in [6, 6.07) is 0. The van der Waals surface area contributed by atoms with E-state index in [4.69, 9.17) is 0 Å². The second kappa shape index (κ2) is 6.23. The zero-order chi connectivity index (χ0) is 9.56. The number of ketones is 2. The quantitative estimate of drug-likeness (QED) is 0.510. The van der Waals surface area contributed by atoms with E-state index in [1.54, 1.807) is 0 Å². The van der Waals surface area contributed by atoms with Crippen LogP contribution in [0.1, 0.15) is 33.1 Å². The van der Waals surface area contributed by atoms with Gasteiger partial charge in [0, 0.05) is 12.2 Å². The molecule has 0 fully saturated rings. The lowest BCUT2D eigenvalue weighted by molar-refractivity contribution is -0.131. The normalized spacial score (nSPS) is 12.6. The molecule has 0 aromatic rings. The number of thiol groups is 1. The van der Waals surface area contributed by atoms with E-state index in [1.165, 1.54) is 0 Å². The Morgan fingerprint density at radius 1 is 1.25 bits per heavy atom. The van der Waals surface area contributed by atoms with Gasteiger partial charge in [0.25, 0.3) is 0 Å². The van der Waals surface area contributed by atoms with Crippen molar-refractivity contribution in [1.29, 1.82) is 0 Å². The molecule has 0 aliphatic heterocycles. The predicted molar refractivity (Wildman–Crippen MR) is 52.6 cm³/mol. The highest BCUT2D eigenvalue weighted by atomic mass is 32.1. The van der Waals surface area contributed by atoms with Crippen LogP contribution in [0.25, 0.3) is 0 Å². The van der Waals surface area contributed by atoms with Gasteiger partial charge in [-0.05, 0) is 12.8 Å². The Bertz CT molecular complexity index is 166. The summed E-state index contributed by atoms with van der Waals surface area (Å²) in [6.07, 6.45) is 1.94. The van der Waals surface area contributed by atoms with Crippen LogP contribution in [-0.4, -0.2) is 17.3 Å². The van der Waals surface area contributed by atoms with E-state index in [9.17, 15) is 9.59 Å². The van der Waals surface area contributed by atoms with Gasteiger partial charge in [0.05, 0.1) is 5.92 Å². The zero-order valence-electron chi connectivity index (χ0n) is 7.67. The minimum Gasteiger partial charge on any atom is -0.299 e. The van der Waals surface area contributed by atoms with Gasteiger partial charge in [0.15, 0.2) is 5.78 Å². The number of carbonyl (C=O) groups excluding carboxylic acids is 2. The molecule has 3 heteroatoms. The third kappa shape index (κ3) is 3.39. The monoisotopic (exact) mass is 188 g/mol. The van der Waals surface area contributed by atoms with Gasteiger partial charge in [-0.3, -0.25) is 9.59 Å². The smallest absolute Gasteiger partial charge is 0.152 e. The van der Waals surface area contributed by atoms with E-state index in [-0.39, 0.29) is 17.3 Å². The van der Waals surface area contributed by atoms with Gasteiger partial charge in [0.2, 0.25) is 0 Å². The second-order valence-corrected chi connectivity index (χ2v) is 3.12. The molecule has 0 amide bonds. The fourth-order valence-corrected chi connectivity index (χ4v) is 1.39. The summed E-state index contributed by atoms with van der Waals surface area (Å²) in [6.45, 7) is 3.80. The van der Waals surface area contributed by atoms with Crippen molar-refractivity contribution in [1.82, 2.24) is 0 Å². The van der Waals surface area contributed by atoms with Gasteiger partial charge in [-0.1, -0.05) is 13.8 Å². The first-order valence-corrected chi connectivity index (χ1v) is 4.96. The molecule has 0 N–H and O–H groups in total. The number of hydrogen-bond acceptors (Lipinski definition) is 3. The highest BCUT2D eigenvalue weighted by molar-refractivity contribution is 7.81. The topological polar surface area (TPSA) is 34.1 Å². The molecule has 0 aromatic heterocycles. The van der Waals surface area contributed by atoms with Gasteiger partial charge in [0.1, 0.15) is 5.78 Å². The van der Waals surface area contributed by atoms with Crippen molar-refractivity contribution in [2.45, 2.75) is 33.1 Å². The van der Waals surface area contributed by atoms with Crippen molar-refractivity contribution < 1.29 is 9.59 Å². The van der Waals surface area contributed by atoms with Crippen LogP contribution in [0, 0.1) is 5.92 Å². The number of carbonyl (C=O) groups is 2. The molecular weight excluding hydrogens is 172 g/mol. The first-order chi connectivity index (χ1) is 5.67. The van der Waals surface area contributed by atoms with E-state index in [0.29, 0.717) is 12.8 Å². The molecule has 0 saturated carbocycles. The summed E-state index contributed by atoms with van der Waals surface area (Å²) >= 11 is 3.87. The van der Waals surface area contributed by atoms with Crippen LogP contribution in [0.5, 0.6) is 0 Å². The molecular formula is C9H16O2S. The van der Waals surface area contributed by atoms with Crippen molar-refractivity contribution in [2.75, 3.05) is 5.75 Å². The summed E-state index contributed by atoms with van der Waals surface area (Å²) in [5, 5.41) is 0. The summed E-state index contributed by atoms with van der Waals surface area (Å²) in [5.74, 6) is -0.200. The van der Waals surface area contributed by atoms with Crippen molar-refractivity contribution in [3.63, 3.8) is 0 Å². The first kappa shape index (κ1) is 11.7. The minimum absolute atomic E-state index is 0.0423. The predicted octanol–water partition coefficient (Wildman–Crippen LogP) is 1.88. The Morgan fingerprint density at radius 2 is 1.83 bits per heavy atom. The van der Waals surface area contributed by atoms with Crippen LogP contribution in [0.3, 0.4) is 0 Å². The van der Waals surface area contributed by atoms with Crippen LogP contribution < -0.4 is 0 Å². The molecule has 1 atom stereocenters. The summed E-state index contributed by atoms with van der Waals surface area (Å²) < 4.78 is 0. The molecule has 0 aromatic carbocycles. The van der Waals surface area contributed by atoms with Crippen LogP contribution in [0.4, 0.5) is 0 Å². The third-order valence-electron chi connectivity index (χ3n) is 1.84. The molecule has 0 bridgehead atoms. The van der Waals surface area contributed by atoms with Crippen molar-refractivity contribution >= 4 is 24.2 Å². The van der Waals surface area contributed by atoms with Crippen LogP contribution in [0.15, 0.2) is 0 Å². The SMILES string of the molecule is CCCC(=O)C(CC)C(=O)CS. The molecule has 12 heavy (non-hydrogen) atoms. The average molecular weight is 188 g/mol. The largest absolute Gasteiger partial charge is 0.299 e. The number of rotatable bonds is 6. The molecule has 0 rings (SSSR count). The second-order valence-electron chi connectivity index (χ2n) is 2.80. The van der Waals surface area contributed by atoms with E-state index < -0.39 is 5.92 Å². The molecule has 0 heterocycles. The molecule has 0 spiro atoms. The van der Waals surface area contributed by atoms with Gasteiger partial charge in [-0.15, -0.1) is 0 Å². The maximum atomic E-state index is 11.3. The lowest BCUT2D eigenvalue weighted by Crippen LogP contribution is -2.24. The molecule has 2 nitrogen and oxygen atoms in total. The van der Waals surface area contributed by atoms with Crippen LogP contribution in [0.2, 0.25) is 0 Å². The van der Waals surface area contributed by atoms with E-state index in [2.05, 4.69) is 12.6 Å². The molecule has 0 radical (unpaired) electrons. The Morgan fingerprint density at radius 3 is 2.17 bits per heavy atom. The molecule has 0 aliphatic carbocycles. The average Bonchev–Trinajstić information content (AvgIpc) is 2.06. The molecule has 70 valence electrons. The van der Waals surface area contributed by atoms with Gasteiger partial charge >= 0.3 is 0 Å². The first-order valence-electron chi connectivity index (χ1n) is 4.33. The summed E-state index contributed by atoms with van der Waals surface area (Å²) in [4.78, 5) is 22.5. The highest BCUT2D eigenvalue weighted by Crippen LogP contribution is 2.10. The maximum Gasteiger partial charge on any atom is 0.152 e. The number of hydrogen-bond donors (Lipinski definition) is 1.